The summed E-state index contributed by atoms with van der Waals surface area (Å²) in [5, 5.41) is 9.35. The van der Waals surface area contributed by atoms with Crippen LogP contribution in [-0.4, -0.2) is 24.4 Å². The third kappa shape index (κ3) is 8.02. The minimum atomic E-state index is -0.248. The van der Waals surface area contributed by atoms with Crippen LogP contribution in [0.2, 0.25) is 0 Å². The second-order valence-corrected chi connectivity index (χ2v) is 3.16. The Morgan fingerprint density at radius 2 is 1.92 bits per heavy atom. The van der Waals surface area contributed by atoms with Crippen LogP contribution in [0, 0.1) is 0 Å². The van der Waals surface area contributed by atoms with Crippen molar-refractivity contribution >= 4 is 0 Å². The smallest absolute Gasteiger partial charge is 0.0773 e. The van der Waals surface area contributed by atoms with Crippen LogP contribution in [0.3, 0.4) is 0 Å². The average molecular weight is 174 g/mol. The lowest BCUT2D eigenvalue weighted by molar-refractivity contribution is 0.0368. The maximum Gasteiger partial charge on any atom is 0.0773 e. The fraction of sp³-hybridized carbons (Fsp3) is 1.00. The van der Waals surface area contributed by atoms with Gasteiger partial charge in [0.05, 0.1) is 12.7 Å². The summed E-state index contributed by atoms with van der Waals surface area (Å²) < 4.78 is 5.10. The Kier molecular flexibility index (Phi) is 8.95. The SMILES string of the molecule is CCCCCCC(O)COCC. The molecule has 0 aliphatic heterocycles. The summed E-state index contributed by atoms with van der Waals surface area (Å²) in [6.45, 7) is 5.34. The van der Waals surface area contributed by atoms with Gasteiger partial charge in [-0.3, -0.25) is 0 Å². The molecule has 1 atom stereocenters. The highest BCUT2D eigenvalue weighted by atomic mass is 16.5. The first kappa shape index (κ1) is 11.9. The first-order valence-electron chi connectivity index (χ1n) is 5.07. The van der Waals surface area contributed by atoms with E-state index in [1.165, 1.54) is 19.3 Å². The minimum absolute atomic E-state index is 0.248. The van der Waals surface area contributed by atoms with E-state index in [9.17, 15) is 5.11 Å². The second-order valence-electron chi connectivity index (χ2n) is 3.16. The molecule has 0 amide bonds. The van der Waals surface area contributed by atoms with Crippen molar-refractivity contribution in [2.24, 2.45) is 0 Å². The Morgan fingerprint density at radius 3 is 2.50 bits per heavy atom. The molecule has 12 heavy (non-hydrogen) atoms. The molecule has 0 bridgehead atoms. The van der Waals surface area contributed by atoms with Crippen molar-refractivity contribution in [2.75, 3.05) is 13.2 Å². The van der Waals surface area contributed by atoms with Crippen LogP contribution in [0.25, 0.3) is 0 Å². The number of aliphatic hydroxyl groups excluding tert-OH is 1. The van der Waals surface area contributed by atoms with Crippen LogP contribution < -0.4 is 0 Å². The Balaban J connectivity index is 3.02. The molecule has 2 nitrogen and oxygen atoms in total. The number of hydrogen-bond acceptors (Lipinski definition) is 2. The van der Waals surface area contributed by atoms with Crippen LogP contribution in [0.1, 0.15) is 46.0 Å². The number of unbranched alkanes of at least 4 members (excludes halogenated alkanes) is 3. The first-order valence-corrected chi connectivity index (χ1v) is 5.07. The van der Waals surface area contributed by atoms with E-state index >= 15 is 0 Å². The summed E-state index contributed by atoms with van der Waals surface area (Å²) in [7, 11) is 0. The van der Waals surface area contributed by atoms with E-state index in [4.69, 9.17) is 4.74 Å². The molecule has 0 saturated heterocycles. The maximum absolute atomic E-state index is 9.35. The standard InChI is InChI=1S/C10H22O2/c1-3-5-6-7-8-10(11)9-12-4-2/h10-11H,3-9H2,1-2H3. The van der Waals surface area contributed by atoms with E-state index in [0.29, 0.717) is 13.2 Å². The fourth-order valence-corrected chi connectivity index (χ4v) is 1.14. The molecule has 1 N–H and O–H groups in total. The van der Waals surface area contributed by atoms with Crippen LogP contribution in [-0.2, 0) is 4.74 Å². The zero-order chi connectivity index (χ0) is 9.23. The summed E-state index contributed by atoms with van der Waals surface area (Å²) in [5.41, 5.74) is 0. The lowest BCUT2D eigenvalue weighted by Crippen LogP contribution is -2.14. The van der Waals surface area contributed by atoms with E-state index in [1.807, 2.05) is 6.92 Å². The highest BCUT2D eigenvalue weighted by molar-refractivity contribution is 4.53. The van der Waals surface area contributed by atoms with Gasteiger partial charge >= 0.3 is 0 Å². The zero-order valence-corrected chi connectivity index (χ0v) is 8.38. The summed E-state index contributed by atoms with van der Waals surface area (Å²) >= 11 is 0. The van der Waals surface area contributed by atoms with Crippen molar-refractivity contribution in [3.05, 3.63) is 0 Å². The van der Waals surface area contributed by atoms with Gasteiger partial charge in [0, 0.05) is 6.61 Å². The van der Waals surface area contributed by atoms with Crippen molar-refractivity contribution in [2.45, 2.75) is 52.1 Å². The first-order chi connectivity index (χ1) is 5.81. The molecule has 0 rings (SSSR count). The number of aliphatic hydroxyl groups is 1. The molecule has 0 saturated carbocycles. The molecule has 0 radical (unpaired) electrons. The van der Waals surface area contributed by atoms with Gasteiger partial charge in [0.25, 0.3) is 0 Å². The molecule has 0 aliphatic carbocycles. The van der Waals surface area contributed by atoms with E-state index in [-0.39, 0.29) is 6.10 Å². The molecule has 0 aromatic heterocycles. The molecule has 1 unspecified atom stereocenters. The van der Waals surface area contributed by atoms with Crippen molar-refractivity contribution < 1.29 is 9.84 Å². The molecule has 2 heteroatoms. The molecule has 0 aromatic carbocycles. The molecule has 74 valence electrons. The van der Waals surface area contributed by atoms with Gasteiger partial charge in [-0.15, -0.1) is 0 Å². The average Bonchev–Trinajstić information content (AvgIpc) is 2.09. The quantitative estimate of drug-likeness (QED) is 0.572. The summed E-state index contributed by atoms with van der Waals surface area (Å²) in [6, 6.07) is 0. The van der Waals surface area contributed by atoms with Crippen LogP contribution in [0.15, 0.2) is 0 Å². The van der Waals surface area contributed by atoms with Crippen LogP contribution in [0.5, 0.6) is 0 Å². The predicted molar refractivity (Wildman–Crippen MR) is 51.3 cm³/mol. The van der Waals surface area contributed by atoms with E-state index in [0.717, 1.165) is 12.8 Å². The number of rotatable bonds is 8. The molecular formula is C10H22O2. The van der Waals surface area contributed by atoms with Gasteiger partial charge in [-0.25, -0.2) is 0 Å². The Labute approximate surface area is 75.9 Å². The van der Waals surface area contributed by atoms with Gasteiger partial charge in [0.2, 0.25) is 0 Å². The Bertz CT molecular complexity index is 83.9. The van der Waals surface area contributed by atoms with Gasteiger partial charge in [-0.05, 0) is 13.3 Å². The van der Waals surface area contributed by atoms with E-state index < -0.39 is 0 Å². The highest BCUT2D eigenvalue weighted by Crippen LogP contribution is 2.05. The third-order valence-electron chi connectivity index (χ3n) is 1.91. The molecule has 0 aliphatic rings. The molecular weight excluding hydrogens is 152 g/mol. The monoisotopic (exact) mass is 174 g/mol. The molecule has 0 aromatic rings. The lowest BCUT2D eigenvalue weighted by atomic mass is 10.1. The summed E-state index contributed by atoms with van der Waals surface area (Å²) in [6.07, 6.45) is 5.53. The third-order valence-corrected chi connectivity index (χ3v) is 1.91. The van der Waals surface area contributed by atoms with Crippen LogP contribution in [0.4, 0.5) is 0 Å². The normalized spacial score (nSPS) is 13.2. The summed E-state index contributed by atoms with van der Waals surface area (Å²) in [4.78, 5) is 0. The van der Waals surface area contributed by atoms with Crippen molar-refractivity contribution in [3.63, 3.8) is 0 Å². The topological polar surface area (TPSA) is 29.5 Å². The van der Waals surface area contributed by atoms with Crippen molar-refractivity contribution in [1.82, 2.24) is 0 Å². The van der Waals surface area contributed by atoms with Crippen molar-refractivity contribution in [1.29, 1.82) is 0 Å². The minimum Gasteiger partial charge on any atom is -0.391 e. The molecule has 0 spiro atoms. The molecule has 0 heterocycles. The lowest BCUT2D eigenvalue weighted by Gasteiger charge is -2.09. The predicted octanol–water partition coefficient (Wildman–Crippen LogP) is 2.35. The van der Waals surface area contributed by atoms with Gasteiger partial charge < -0.3 is 9.84 Å². The maximum atomic E-state index is 9.35. The highest BCUT2D eigenvalue weighted by Gasteiger charge is 2.02. The van der Waals surface area contributed by atoms with Gasteiger partial charge in [-0.2, -0.15) is 0 Å². The fourth-order valence-electron chi connectivity index (χ4n) is 1.14. The van der Waals surface area contributed by atoms with Crippen LogP contribution >= 0.6 is 0 Å². The van der Waals surface area contributed by atoms with E-state index in [1.54, 1.807) is 0 Å². The zero-order valence-electron chi connectivity index (χ0n) is 8.38. The van der Waals surface area contributed by atoms with Gasteiger partial charge in [0.1, 0.15) is 0 Å². The summed E-state index contributed by atoms with van der Waals surface area (Å²) in [5.74, 6) is 0. The molecule has 0 fully saturated rings. The Morgan fingerprint density at radius 1 is 1.17 bits per heavy atom. The Hall–Kier alpha value is -0.0800. The van der Waals surface area contributed by atoms with E-state index in [2.05, 4.69) is 6.92 Å². The van der Waals surface area contributed by atoms with Gasteiger partial charge in [0.15, 0.2) is 0 Å². The van der Waals surface area contributed by atoms with Gasteiger partial charge in [-0.1, -0.05) is 32.6 Å². The van der Waals surface area contributed by atoms with Crippen molar-refractivity contribution in [3.8, 4) is 0 Å². The largest absolute Gasteiger partial charge is 0.391 e. The number of hydrogen-bond donors (Lipinski definition) is 1. The number of ether oxygens (including phenoxy) is 1. The second kappa shape index (κ2) is 9.01.